The largest absolute Gasteiger partial charge is 3.00 e. The molecule has 4 aromatic rings. The number of benzene rings is 3. The third-order valence-corrected chi connectivity index (χ3v) is 9.14. The molecule has 1 aliphatic carbocycles. The van der Waals surface area contributed by atoms with Gasteiger partial charge in [-0.05, 0) is 56.3 Å². The molecule has 3 aromatic carbocycles. The Morgan fingerprint density at radius 3 is 1.95 bits per heavy atom. The molecule has 1 radical (unpaired) electrons. The number of azo groups is 1. The fourth-order valence-electron chi connectivity index (χ4n) is 4.78. The van der Waals surface area contributed by atoms with Gasteiger partial charge >= 0.3 is 55.7 Å². The number of carbonyl (C=O) groups is 2. The number of hydroxylamine groups is 2. The summed E-state index contributed by atoms with van der Waals surface area (Å²) in [6.07, 6.45) is 0.907. The number of amides is 1. The Hall–Kier alpha value is -5.83. The van der Waals surface area contributed by atoms with E-state index in [1.54, 1.807) is 60.7 Å². The van der Waals surface area contributed by atoms with Crippen LogP contribution in [0.1, 0.15) is 15.5 Å². The molecule has 2 heterocycles. The second-order valence-electron chi connectivity index (χ2n) is 11.4. The van der Waals surface area contributed by atoms with Crippen molar-refractivity contribution in [3.05, 3.63) is 122 Å². The number of allylic oxidation sites excluding steroid dienone is 3. The van der Waals surface area contributed by atoms with Crippen LogP contribution in [0.3, 0.4) is 0 Å². The van der Waals surface area contributed by atoms with Gasteiger partial charge in [-0.15, -0.1) is 15.3 Å². The summed E-state index contributed by atoms with van der Waals surface area (Å²) in [6, 6.07) is 17.6. The minimum Gasteiger partial charge on any atom is -0.866 e. The molecule has 0 saturated heterocycles. The number of nitro benzene ring substituents is 1. The zero-order valence-corrected chi connectivity index (χ0v) is 35.4. The third kappa shape index (κ3) is 10.9. The topological polar surface area (TPSA) is 370 Å². The van der Waals surface area contributed by atoms with Crippen molar-refractivity contribution in [3.63, 3.8) is 0 Å². The van der Waals surface area contributed by atoms with Crippen LogP contribution in [-0.2, 0) is 47.2 Å². The minimum atomic E-state index is -5.10. The Balaban J connectivity index is 0.000000582. The first-order valence-corrected chi connectivity index (χ1v) is 18.4. The number of nitro groups is 1. The number of Topliss-reactive ketones (excluding diaryl/α,β-unsaturated/α-hetero) is 1. The van der Waals surface area contributed by atoms with E-state index in [0.717, 1.165) is 9.69 Å². The smallest absolute Gasteiger partial charge is 0.866 e. The number of aromatic nitrogens is 2. The number of nitrogens with zero attached hydrogens (tertiary/aromatic N) is 10. The molecule has 24 nitrogen and oxygen atoms in total. The second kappa shape index (κ2) is 19.5. The van der Waals surface area contributed by atoms with E-state index in [-0.39, 0.29) is 72.6 Å². The molecular formula is C32H22CrN10NaO14S2. The van der Waals surface area contributed by atoms with E-state index in [1.165, 1.54) is 13.8 Å². The Morgan fingerprint density at radius 2 is 1.42 bits per heavy atom. The molecule has 2 aliphatic rings. The first kappa shape index (κ1) is 48.5. The van der Waals surface area contributed by atoms with Crippen molar-refractivity contribution in [2.24, 2.45) is 25.5 Å². The van der Waals surface area contributed by atoms with Crippen molar-refractivity contribution in [1.29, 1.82) is 0 Å². The standard InChI is InChI=1S/C16H13N5O7S.C16H11N5O7S.Cr.Na/c2*1-9-14(16(23)20(19-9)10-5-3-2-4-6-10)18-17-12-7-11(29(26,27)28)8-13(15(12)22)21(24)25;;/h2-8,22-23H,1H3,(H,26,27,28);2-8H,1H3,(H,26,27,28);;/q;-2;+3;+1/p-2. The van der Waals surface area contributed by atoms with Gasteiger partial charge < -0.3 is 35.0 Å². The number of hydrazone groups is 1. The molecule has 0 atom stereocenters. The van der Waals surface area contributed by atoms with Crippen LogP contribution in [0.5, 0.6) is 11.6 Å². The number of aryl methyl sites for hydroxylation is 1. The van der Waals surface area contributed by atoms with Crippen LogP contribution in [0.15, 0.2) is 126 Å². The predicted octanol–water partition coefficient (Wildman–Crippen LogP) is -0.818. The molecule has 60 heavy (non-hydrogen) atoms. The van der Waals surface area contributed by atoms with E-state index in [4.69, 9.17) is 0 Å². The molecule has 1 aromatic heterocycles. The maximum atomic E-state index is 12.5. The normalized spacial score (nSPS) is 15.4. The number of anilines is 1. The number of hydrogen-bond donors (Lipinski definition) is 0. The summed E-state index contributed by atoms with van der Waals surface area (Å²) in [6.45, 7) is 2.91. The molecule has 0 bridgehead atoms. The molecule has 6 rings (SSSR count). The summed E-state index contributed by atoms with van der Waals surface area (Å²) < 4.78 is 68.2. The van der Waals surface area contributed by atoms with Crippen LogP contribution < -0.4 is 44.8 Å². The average molecular weight is 910 g/mol. The maximum absolute atomic E-state index is 12.5. The van der Waals surface area contributed by atoms with Gasteiger partial charge in [0.25, 0.3) is 5.69 Å². The summed E-state index contributed by atoms with van der Waals surface area (Å²) in [5, 5.41) is 79.7. The number of ketones is 1. The van der Waals surface area contributed by atoms with Crippen molar-refractivity contribution in [1.82, 2.24) is 15.0 Å². The first-order chi connectivity index (χ1) is 27.2. The summed E-state index contributed by atoms with van der Waals surface area (Å²) >= 11 is 0. The Bertz CT molecular complexity index is 2790. The minimum absolute atomic E-state index is 0. The van der Waals surface area contributed by atoms with Crippen LogP contribution >= 0.6 is 0 Å². The molecular weight excluding hydrogens is 888 g/mol. The summed E-state index contributed by atoms with van der Waals surface area (Å²) in [4.78, 5) is 32.4. The number of rotatable bonds is 9. The van der Waals surface area contributed by atoms with E-state index in [1.807, 2.05) is 0 Å². The van der Waals surface area contributed by atoms with Crippen molar-refractivity contribution < 1.29 is 100 Å². The van der Waals surface area contributed by atoms with Crippen LogP contribution in [-0.4, -0.2) is 74.7 Å². The summed E-state index contributed by atoms with van der Waals surface area (Å²) in [5.41, 5.74) is -3.19. The molecule has 0 unspecified atom stereocenters. The van der Waals surface area contributed by atoms with Crippen LogP contribution in [0, 0.1) is 27.5 Å². The third-order valence-electron chi connectivity index (χ3n) is 7.51. The number of carbonyl (C=O) groups excluding carboxylic acids is 2. The van der Waals surface area contributed by atoms with Crippen LogP contribution in [0.4, 0.5) is 22.7 Å². The molecule has 0 saturated carbocycles. The Morgan fingerprint density at radius 1 is 0.833 bits per heavy atom. The predicted molar refractivity (Wildman–Crippen MR) is 196 cm³/mol. The maximum Gasteiger partial charge on any atom is 3.00 e. The first-order valence-electron chi connectivity index (χ1n) is 15.6. The molecule has 0 N–H and O–H groups in total. The van der Waals surface area contributed by atoms with Gasteiger partial charge in [-0.3, -0.25) is 19.7 Å². The van der Waals surface area contributed by atoms with Crippen LogP contribution in [0.2, 0.25) is 0 Å². The van der Waals surface area contributed by atoms with Crippen molar-refractivity contribution >= 4 is 71.8 Å². The van der Waals surface area contributed by atoms with E-state index < -0.39 is 86.3 Å². The van der Waals surface area contributed by atoms with Crippen molar-refractivity contribution in [3.8, 4) is 17.3 Å². The quantitative estimate of drug-likeness (QED) is 0.0494. The zero-order chi connectivity index (χ0) is 42.7. The monoisotopic (exact) mass is 909 g/mol. The van der Waals surface area contributed by atoms with Gasteiger partial charge in [0, 0.05) is 17.7 Å². The SMILES string of the molecule is CC1=NN(c2ccccc2)C(=O)C1=NN=C1C=C(S(=O)(=O)[O-])C=C(N([O-])[O-])C1=O.Cc1nn(-c2ccccc2)c([O-])c1N=Nc1cc(S(=O)(=O)[O-])cc([N+](=O)[O-])c1[O-].[Cr+3].[H+].[H+].[Na+]. The fourth-order valence-corrected chi connectivity index (χ4v) is 5.80. The molecule has 1 amide bonds. The van der Waals surface area contributed by atoms with E-state index in [2.05, 4.69) is 30.6 Å². The Labute approximate surface area is 373 Å². The van der Waals surface area contributed by atoms with Crippen molar-refractivity contribution in [2.75, 3.05) is 5.01 Å². The van der Waals surface area contributed by atoms with Gasteiger partial charge in [0.2, 0.25) is 5.78 Å². The van der Waals surface area contributed by atoms with Gasteiger partial charge in [0.05, 0.1) is 48.9 Å². The van der Waals surface area contributed by atoms with Gasteiger partial charge in [-0.2, -0.15) is 20.3 Å². The zero-order valence-electron chi connectivity index (χ0n) is 32.5. The molecule has 1 aliphatic heterocycles. The van der Waals surface area contributed by atoms with E-state index in [0.29, 0.717) is 35.7 Å². The fraction of sp³-hybridized carbons (Fsp3) is 0.0625. The van der Waals surface area contributed by atoms with Crippen molar-refractivity contribution in [2.45, 2.75) is 18.7 Å². The average Bonchev–Trinajstić information content (AvgIpc) is 3.61. The van der Waals surface area contributed by atoms with Gasteiger partial charge in [-0.1, -0.05) is 36.4 Å². The van der Waals surface area contributed by atoms with Gasteiger partial charge in [0.1, 0.15) is 31.6 Å². The summed E-state index contributed by atoms with van der Waals surface area (Å²) in [7, 11) is -10.2. The molecule has 0 fully saturated rings. The molecule has 303 valence electrons. The molecule has 0 spiro atoms. The Kier molecular flexibility index (Phi) is 15.8. The van der Waals surface area contributed by atoms with E-state index >= 15 is 0 Å². The summed E-state index contributed by atoms with van der Waals surface area (Å²) in [5.74, 6) is -3.86. The van der Waals surface area contributed by atoms with Gasteiger partial charge in [0.15, 0.2) is 5.71 Å². The van der Waals surface area contributed by atoms with Crippen LogP contribution in [0.25, 0.3) is 5.69 Å². The second-order valence-corrected chi connectivity index (χ2v) is 14.1. The molecule has 28 heteroatoms. The number of hydrogen-bond acceptors (Lipinski definition) is 21. The van der Waals surface area contributed by atoms with E-state index in [9.17, 15) is 66.3 Å². The van der Waals surface area contributed by atoms with Gasteiger partial charge in [-0.25, -0.2) is 21.5 Å². The number of para-hydroxylation sites is 2.